The Morgan fingerprint density at radius 2 is 2.33 bits per heavy atom. The number of aryl methyl sites for hydroxylation is 1. The molecule has 0 bridgehead atoms. The van der Waals surface area contributed by atoms with Gasteiger partial charge in [0.25, 0.3) is 0 Å². The van der Waals surface area contributed by atoms with Crippen LogP contribution in [0, 0.1) is 11.7 Å². The molecule has 2 N–H and O–H groups in total. The van der Waals surface area contributed by atoms with Crippen molar-refractivity contribution in [3.05, 3.63) is 22.6 Å². The highest BCUT2D eigenvalue weighted by Crippen LogP contribution is 2.12. The van der Waals surface area contributed by atoms with Gasteiger partial charge in [-0.2, -0.15) is 0 Å². The number of hydrogen-bond donors (Lipinski definition) is 2. The number of pyridine rings is 1. The standard InChI is InChI=1S/C12H16N4OS/c1-3-6-13-10(17)7-16-11-9(15-12(16)18)5-4-8(2)14-11/h4-5H,3,6-7H2,1-2H3,(H,13,17)(H,15,18). The number of hydrogen-bond acceptors (Lipinski definition) is 3. The zero-order chi connectivity index (χ0) is 13.1. The number of carbonyl (C=O) groups excluding carboxylic acids is 1. The molecule has 0 radical (unpaired) electrons. The fraction of sp³-hybridized carbons (Fsp3) is 0.417. The summed E-state index contributed by atoms with van der Waals surface area (Å²) in [6, 6.07) is 3.84. The monoisotopic (exact) mass is 264 g/mol. The lowest BCUT2D eigenvalue weighted by atomic mass is 10.3. The molecule has 5 nitrogen and oxygen atoms in total. The van der Waals surface area contributed by atoms with E-state index in [-0.39, 0.29) is 12.5 Å². The second-order valence-electron chi connectivity index (χ2n) is 4.19. The predicted molar refractivity (Wildman–Crippen MR) is 73.0 cm³/mol. The van der Waals surface area contributed by atoms with Crippen LogP contribution < -0.4 is 5.32 Å². The number of nitrogens with zero attached hydrogens (tertiary/aromatic N) is 2. The number of rotatable bonds is 4. The maximum atomic E-state index is 11.7. The van der Waals surface area contributed by atoms with Crippen LogP contribution in [0.1, 0.15) is 19.0 Å². The molecule has 1 amide bonds. The quantitative estimate of drug-likeness (QED) is 0.829. The summed E-state index contributed by atoms with van der Waals surface area (Å²) in [6.45, 7) is 4.82. The summed E-state index contributed by atoms with van der Waals surface area (Å²) >= 11 is 5.21. The van der Waals surface area contributed by atoms with Crippen molar-refractivity contribution < 1.29 is 4.79 Å². The number of fused-ring (bicyclic) bond motifs is 1. The van der Waals surface area contributed by atoms with Gasteiger partial charge in [0.05, 0.1) is 5.52 Å². The van der Waals surface area contributed by atoms with Crippen LogP contribution in [-0.4, -0.2) is 27.0 Å². The van der Waals surface area contributed by atoms with Crippen molar-refractivity contribution in [3.8, 4) is 0 Å². The molecule has 0 fully saturated rings. The van der Waals surface area contributed by atoms with Gasteiger partial charge in [-0.25, -0.2) is 4.98 Å². The average molecular weight is 264 g/mol. The highest BCUT2D eigenvalue weighted by Gasteiger charge is 2.09. The van der Waals surface area contributed by atoms with E-state index in [1.165, 1.54) is 0 Å². The van der Waals surface area contributed by atoms with Crippen LogP contribution in [0.3, 0.4) is 0 Å². The molecule has 0 aliphatic carbocycles. The molecule has 0 atom stereocenters. The van der Waals surface area contributed by atoms with Crippen LogP contribution in [0.4, 0.5) is 0 Å². The van der Waals surface area contributed by atoms with Crippen LogP contribution in [0.25, 0.3) is 11.2 Å². The highest BCUT2D eigenvalue weighted by atomic mass is 32.1. The van der Waals surface area contributed by atoms with Crippen molar-refractivity contribution >= 4 is 29.3 Å². The first-order valence-corrected chi connectivity index (χ1v) is 6.35. The molecule has 96 valence electrons. The fourth-order valence-electron chi connectivity index (χ4n) is 1.74. The van der Waals surface area contributed by atoms with E-state index in [0.29, 0.717) is 11.3 Å². The average Bonchev–Trinajstić information content (AvgIpc) is 2.63. The van der Waals surface area contributed by atoms with Gasteiger partial charge in [0.15, 0.2) is 10.4 Å². The number of aromatic nitrogens is 3. The third-order valence-corrected chi connectivity index (χ3v) is 2.95. The predicted octanol–water partition coefficient (Wildman–Crippen LogP) is 1.93. The molecule has 0 aliphatic heterocycles. The lowest BCUT2D eigenvalue weighted by Crippen LogP contribution is -2.28. The van der Waals surface area contributed by atoms with Gasteiger partial charge >= 0.3 is 0 Å². The number of aromatic amines is 1. The SMILES string of the molecule is CCCNC(=O)Cn1c(=S)[nH]c2ccc(C)nc21. The van der Waals surface area contributed by atoms with Crippen LogP contribution in [0.2, 0.25) is 0 Å². The molecular formula is C12H16N4OS. The highest BCUT2D eigenvalue weighted by molar-refractivity contribution is 7.71. The molecule has 0 spiro atoms. The molecule has 2 aromatic heterocycles. The van der Waals surface area contributed by atoms with E-state index in [9.17, 15) is 4.79 Å². The van der Waals surface area contributed by atoms with Gasteiger partial charge < -0.3 is 10.3 Å². The summed E-state index contributed by atoms with van der Waals surface area (Å²) in [6.07, 6.45) is 0.919. The Bertz CT molecular complexity index is 629. The third kappa shape index (κ3) is 2.59. The Labute approximate surface area is 110 Å². The van der Waals surface area contributed by atoms with Crippen LogP contribution in [0.15, 0.2) is 12.1 Å². The van der Waals surface area contributed by atoms with E-state index in [2.05, 4.69) is 15.3 Å². The Kier molecular flexibility index (Phi) is 3.76. The number of amides is 1. The van der Waals surface area contributed by atoms with Crippen LogP contribution >= 0.6 is 12.2 Å². The van der Waals surface area contributed by atoms with Crippen molar-refractivity contribution in [2.75, 3.05) is 6.54 Å². The Balaban J connectivity index is 2.32. The maximum Gasteiger partial charge on any atom is 0.240 e. The molecule has 0 aromatic carbocycles. The number of H-pyrrole nitrogens is 1. The lowest BCUT2D eigenvalue weighted by molar-refractivity contribution is -0.121. The van der Waals surface area contributed by atoms with Crippen molar-refractivity contribution in [1.82, 2.24) is 19.9 Å². The molecule has 0 unspecified atom stereocenters. The van der Waals surface area contributed by atoms with E-state index in [1.807, 2.05) is 26.0 Å². The Morgan fingerprint density at radius 1 is 1.56 bits per heavy atom. The second kappa shape index (κ2) is 5.30. The zero-order valence-electron chi connectivity index (χ0n) is 10.5. The molecule has 0 saturated heterocycles. The fourth-order valence-corrected chi connectivity index (χ4v) is 2.00. The first-order valence-electron chi connectivity index (χ1n) is 5.94. The van der Waals surface area contributed by atoms with Gasteiger partial charge in [-0.1, -0.05) is 6.92 Å². The van der Waals surface area contributed by atoms with E-state index in [1.54, 1.807) is 4.57 Å². The summed E-state index contributed by atoms with van der Waals surface area (Å²) in [7, 11) is 0. The van der Waals surface area contributed by atoms with Gasteiger partial charge in [-0.15, -0.1) is 0 Å². The summed E-state index contributed by atoms with van der Waals surface area (Å²) in [5.41, 5.74) is 2.49. The Morgan fingerprint density at radius 3 is 3.06 bits per heavy atom. The number of carbonyl (C=O) groups is 1. The summed E-state index contributed by atoms with van der Waals surface area (Å²) in [5, 5.41) is 2.83. The summed E-state index contributed by atoms with van der Waals surface area (Å²) in [5.74, 6) is -0.0443. The van der Waals surface area contributed by atoms with Gasteiger partial charge in [-0.3, -0.25) is 9.36 Å². The normalized spacial score (nSPS) is 10.8. The molecule has 0 saturated carbocycles. The van der Waals surface area contributed by atoms with Crippen molar-refractivity contribution in [2.24, 2.45) is 0 Å². The first kappa shape index (κ1) is 12.8. The molecule has 6 heteroatoms. The van der Waals surface area contributed by atoms with Gasteiger partial charge in [0.2, 0.25) is 5.91 Å². The lowest BCUT2D eigenvalue weighted by Gasteiger charge is -2.05. The topological polar surface area (TPSA) is 62.7 Å². The molecule has 2 rings (SSSR count). The van der Waals surface area contributed by atoms with E-state index in [4.69, 9.17) is 12.2 Å². The third-order valence-electron chi connectivity index (χ3n) is 2.63. The molecule has 18 heavy (non-hydrogen) atoms. The second-order valence-corrected chi connectivity index (χ2v) is 4.58. The number of nitrogens with one attached hydrogen (secondary N) is 2. The van der Waals surface area contributed by atoms with Gasteiger partial charge in [0, 0.05) is 12.2 Å². The molecular weight excluding hydrogens is 248 g/mol. The molecule has 2 aromatic rings. The maximum absolute atomic E-state index is 11.7. The largest absolute Gasteiger partial charge is 0.355 e. The minimum absolute atomic E-state index is 0.0443. The van der Waals surface area contributed by atoms with Crippen molar-refractivity contribution in [2.45, 2.75) is 26.8 Å². The smallest absolute Gasteiger partial charge is 0.240 e. The van der Waals surface area contributed by atoms with Gasteiger partial charge in [-0.05, 0) is 37.7 Å². The summed E-state index contributed by atoms with van der Waals surface area (Å²) in [4.78, 5) is 19.2. The van der Waals surface area contributed by atoms with E-state index in [0.717, 1.165) is 23.3 Å². The van der Waals surface area contributed by atoms with Crippen molar-refractivity contribution in [1.29, 1.82) is 0 Å². The molecule has 2 heterocycles. The first-order chi connectivity index (χ1) is 8.61. The minimum Gasteiger partial charge on any atom is -0.355 e. The van der Waals surface area contributed by atoms with Crippen molar-refractivity contribution in [3.63, 3.8) is 0 Å². The molecule has 0 aliphatic rings. The minimum atomic E-state index is -0.0443. The van der Waals surface area contributed by atoms with Crippen LogP contribution in [0.5, 0.6) is 0 Å². The number of imidazole rings is 1. The Hall–Kier alpha value is -1.69. The van der Waals surface area contributed by atoms with E-state index >= 15 is 0 Å². The zero-order valence-corrected chi connectivity index (χ0v) is 11.3. The van der Waals surface area contributed by atoms with Crippen LogP contribution in [-0.2, 0) is 11.3 Å². The van der Waals surface area contributed by atoms with Gasteiger partial charge in [0.1, 0.15) is 6.54 Å². The summed E-state index contributed by atoms with van der Waals surface area (Å²) < 4.78 is 2.25. The van der Waals surface area contributed by atoms with E-state index < -0.39 is 0 Å².